The van der Waals surface area contributed by atoms with E-state index < -0.39 is 0 Å². The Balaban J connectivity index is 1.95. The molecule has 2 aromatic carbocycles. The zero-order valence-corrected chi connectivity index (χ0v) is 17.6. The van der Waals surface area contributed by atoms with Crippen LogP contribution in [0.5, 0.6) is 5.75 Å². The van der Waals surface area contributed by atoms with E-state index in [9.17, 15) is 4.79 Å². The van der Waals surface area contributed by atoms with Gasteiger partial charge in [0.1, 0.15) is 5.75 Å². The van der Waals surface area contributed by atoms with Crippen LogP contribution in [0.1, 0.15) is 37.8 Å². The van der Waals surface area contributed by atoms with Crippen LogP contribution in [0, 0.1) is 5.92 Å². The van der Waals surface area contributed by atoms with Gasteiger partial charge in [-0.15, -0.1) is 0 Å². The first kappa shape index (κ1) is 21.2. The minimum atomic E-state index is -0.308. The fourth-order valence-corrected chi connectivity index (χ4v) is 3.17. The van der Waals surface area contributed by atoms with Gasteiger partial charge in [0.2, 0.25) is 5.91 Å². The van der Waals surface area contributed by atoms with E-state index in [1.165, 1.54) is 5.56 Å². The van der Waals surface area contributed by atoms with E-state index in [4.69, 9.17) is 28.6 Å². The zero-order valence-electron chi connectivity index (χ0n) is 16.0. The fourth-order valence-electron chi connectivity index (χ4n) is 2.69. The first-order valence-corrected chi connectivity index (χ1v) is 9.63. The molecule has 4 nitrogen and oxygen atoms in total. The number of carbonyl (C=O) groups is 1. The number of ether oxygens (including phenoxy) is 1. The number of thiocarbonyl (C=S) groups is 1. The molecule has 0 aliphatic carbocycles. The highest BCUT2D eigenvalue weighted by atomic mass is 35.5. The van der Waals surface area contributed by atoms with E-state index in [-0.39, 0.29) is 16.9 Å². The predicted molar refractivity (Wildman–Crippen MR) is 116 cm³/mol. The van der Waals surface area contributed by atoms with Gasteiger partial charge in [-0.2, -0.15) is 0 Å². The molecular weight excluding hydrogens is 380 g/mol. The van der Waals surface area contributed by atoms with Crippen LogP contribution in [-0.2, 0) is 11.2 Å². The number of halogens is 1. The van der Waals surface area contributed by atoms with Crippen molar-refractivity contribution in [2.24, 2.45) is 5.92 Å². The third-order valence-corrected chi connectivity index (χ3v) is 4.66. The summed E-state index contributed by atoms with van der Waals surface area (Å²) in [5.74, 6) is 0.708. The first-order chi connectivity index (χ1) is 12.8. The molecule has 2 aromatic rings. The minimum absolute atomic E-state index is 0.163. The van der Waals surface area contributed by atoms with Gasteiger partial charge in [0.05, 0.1) is 18.1 Å². The van der Waals surface area contributed by atoms with Gasteiger partial charge in [0.15, 0.2) is 5.11 Å². The topological polar surface area (TPSA) is 50.4 Å². The van der Waals surface area contributed by atoms with Gasteiger partial charge in [0.25, 0.3) is 0 Å². The number of rotatable bonds is 6. The molecule has 0 spiro atoms. The second kappa shape index (κ2) is 9.72. The van der Waals surface area contributed by atoms with Gasteiger partial charge < -0.3 is 15.4 Å². The second-order valence-electron chi connectivity index (χ2n) is 6.85. The van der Waals surface area contributed by atoms with E-state index in [1.54, 1.807) is 25.3 Å². The summed E-state index contributed by atoms with van der Waals surface area (Å²) < 4.78 is 5.12. The van der Waals surface area contributed by atoms with Gasteiger partial charge in [-0.05, 0) is 60.8 Å². The SMILES string of the molecule is COc1ccc(NC(=S)NC(=O)C(C)c2ccc(CC(C)C)cc2)cc1Cl. The lowest BCUT2D eigenvalue weighted by Gasteiger charge is -2.15. The van der Waals surface area contributed by atoms with Crippen molar-refractivity contribution in [3.63, 3.8) is 0 Å². The highest BCUT2D eigenvalue weighted by Gasteiger charge is 2.16. The molecule has 0 saturated carbocycles. The molecule has 2 N–H and O–H groups in total. The van der Waals surface area contributed by atoms with E-state index in [2.05, 4.69) is 36.6 Å². The van der Waals surface area contributed by atoms with Gasteiger partial charge in [-0.25, -0.2) is 0 Å². The van der Waals surface area contributed by atoms with Crippen LogP contribution in [0.25, 0.3) is 0 Å². The minimum Gasteiger partial charge on any atom is -0.495 e. The summed E-state index contributed by atoms with van der Waals surface area (Å²) >= 11 is 11.3. The predicted octanol–water partition coefficient (Wildman–Crippen LogP) is 5.16. The summed E-state index contributed by atoms with van der Waals surface area (Å²) in [7, 11) is 1.55. The van der Waals surface area contributed by atoms with E-state index in [0.29, 0.717) is 22.4 Å². The Morgan fingerprint density at radius 3 is 2.37 bits per heavy atom. The fraction of sp³-hybridized carbons (Fsp3) is 0.333. The second-order valence-corrected chi connectivity index (χ2v) is 7.67. The third-order valence-electron chi connectivity index (χ3n) is 4.16. The highest BCUT2D eigenvalue weighted by Crippen LogP contribution is 2.27. The summed E-state index contributed by atoms with van der Waals surface area (Å²) in [5.41, 5.74) is 2.90. The molecule has 0 aliphatic rings. The lowest BCUT2D eigenvalue weighted by molar-refractivity contribution is -0.120. The molecular formula is C21H25ClN2O2S. The monoisotopic (exact) mass is 404 g/mol. The van der Waals surface area contributed by atoms with Crippen molar-refractivity contribution in [3.05, 3.63) is 58.6 Å². The molecule has 0 heterocycles. The van der Waals surface area contributed by atoms with E-state index >= 15 is 0 Å². The summed E-state index contributed by atoms with van der Waals surface area (Å²) in [6, 6.07) is 13.4. The van der Waals surface area contributed by atoms with Crippen molar-refractivity contribution in [3.8, 4) is 5.75 Å². The molecule has 0 aromatic heterocycles. The summed E-state index contributed by atoms with van der Waals surface area (Å²) in [6.45, 7) is 6.24. The van der Waals surface area contributed by atoms with Crippen molar-refractivity contribution in [1.82, 2.24) is 5.32 Å². The van der Waals surface area contributed by atoms with Crippen LogP contribution in [0.3, 0.4) is 0 Å². The highest BCUT2D eigenvalue weighted by molar-refractivity contribution is 7.80. The van der Waals surface area contributed by atoms with Gasteiger partial charge >= 0.3 is 0 Å². The lowest BCUT2D eigenvalue weighted by atomic mass is 9.96. The van der Waals surface area contributed by atoms with Crippen molar-refractivity contribution in [2.75, 3.05) is 12.4 Å². The smallest absolute Gasteiger partial charge is 0.233 e. The molecule has 6 heteroatoms. The van der Waals surface area contributed by atoms with Crippen LogP contribution in [0.2, 0.25) is 5.02 Å². The zero-order chi connectivity index (χ0) is 20.0. The van der Waals surface area contributed by atoms with E-state index in [0.717, 1.165) is 12.0 Å². The Hall–Kier alpha value is -2.11. The molecule has 1 unspecified atom stereocenters. The summed E-state index contributed by atoms with van der Waals surface area (Å²) in [5, 5.41) is 6.38. The Bertz CT molecular complexity index is 806. The van der Waals surface area contributed by atoms with Crippen LogP contribution >= 0.6 is 23.8 Å². The van der Waals surface area contributed by atoms with Crippen molar-refractivity contribution >= 4 is 40.5 Å². The number of hydrogen-bond acceptors (Lipinski definition) is 3. The largest absolute Gasteiger partial charge is 0.495 e. The maximum absolute atomic E-state index is 12.5. The molecule has 0 fully saturated rings. The van der Waals surface area contributed by atoms with E-state index in [1.807, 2.05) is 19.1 Å². The van der Waals surface area contributed by atoms with Gasteiger partial charge in [-0.1, -0.05) is 49.7 Å². The first-order valence-electron chi connectivity index (χ1n) is 8.84. The lowest BCUT2D eigenvalue weighted by Crippen LogP contribution is -2.36. The number of nitrogens with one attached hydrogen (secondary N) is 2. The average molecular weight is 405 g/mol. The molecule has 144 valence electrons. The number of anilines is 1. The molecule has 0 bridgehead atoms. The third kappa shape index (κ3) is 6.22. The normalized spacial score (nSPS) is 11.8. The Labute approximate surface area is 171 Å². The maximum Gasteiger partial charge on any atom is 0.233 e. The van der Waals surface area contributed by atoms with Crippen LogP contribution in [0.15, 0.2) is 42.5 Å². The van der Waals surface area contributed by atoms with Crippen LogP contribution < -0.4 is 15.4 Å². The van der Waals surface area contributed by atoms with Gasteiger partial charge in [0, 0.05) is 5.69 Å². The Morgan fingerprint density at radius 2 is 1.81 bits per heavy atom. The Kier molecular flexibility index (Phi) is 7.63. The van der Waals surface area contributed by atoms with Crippen LogP contribution in [-0.4, -0.2) is 18.1 Å². The molecule has 0 aliphatic heterocycles. The van der Waals surface area contributed by atoms with Gasteiger partial charge in [-0.3, -0.25) is 4.79 Å². The molecule has 1 amide bonds. The number of hydrogen-bond donors (Lipinski definition) is 2. The standard InChI is InChI=1S/C21H25ClN2O2S/c1-13(2)11-15-5-7-16(8-6-15)14(3)20(25)24-21(27)23-17-9-10-19(26-4)18(22)12-17/h5-10,12-14H,11H2,1-4H3,(H2,23,24,25,27). The van der Waals surface area contributed by atoms with Crippen molar-refractivity contribution < 1.29 is 9.53 Å². The summed E-state index contributed by atoms with van der Waals surface area (Å²) in [6.07, 6.45) is 1.03. The number of benzene rings is 2. The Morgan fingerprint density at radius 1 is 1.15 bits per heavy atom. The summed E-state index contributed by atoms with van der Waals surface area (Å²) in [4.78, 5) is 12.5. The quantitative estimate of drug-likeness (QED) is 0.652. The molecule has 27 heavy (non-hydrogen) atoms. The maximum atomic E-state index is 12.5. The molecule has 0 radical (unpaired) electrons. The number of carbonyl (C=O) groups excluding carboxylic acids is 1. The molecule has 1 atom stereocenters. The number of methoxy groups -OCH3 is 1. The molecule has 0 saturated heterocycles. The van der Waals surface area contributed by atoms with Crippen LogP contribution in [0.4, 0.5) is 5.69 Å². The molecule has 2 rings (SSSR count). The van der Waals surface area contributed by atoms with Crippen molar-refractivity contribution in [2.45, 2.75) is 33.1 Å². The number of amides is 1. The van der Waals surface area contributed by atoms with Crippen molar-refractivity contribution in [1.29, 1.82) is 0 Å². The average Bonchev–Trinajstić information content (AvgIpc) is 2.61.